The number of amides is 1. The topological polar surface area (TPSA) is 69.7 Å². The predicted octanol–water partition coefficient (Wildman–Crippen LogP) is 3.24. The number of nitrogens with zero attached hydrogens (tertiary/aromatic N) is 2. The van der Waals surface area contributed by atoms with Crippen LogP contribution in [0.25, 0.3) is 0 Å². The van der Waals surface area contributed by atoms with Crippen molar-refractivity contribution in [3.63, 3.8) is 0 Å². The van der Waals surface area contributed by atoms with Crippen molar-refractivity contribution >= 4 is 15.9 Å². The number of sulfonamides is 1. The van der Waals surface area contributed by atoms with Gasteiger partial charge in [0.25, 0.3) is 0 Å². The van der Waals surface area contributed by atoms with E-state index in [0.29, 0.717) is 31.7 Å². The number of alkyl halides is 3. The second-order valence-electron chi connectivity index (χ2n) is 9.14. The third-order valence-electron chi connectivity index (χ3n) is 7.11. The number of halogens is 3. The zero-order valence-electron chi connectivity index (χ0n) is 18.0. The molecule has 0 radical (unpaired) electrons. The van der Waals surface area contributed by atoms with Crippen molar-refractivity contribution in [2.45, 2.75) is 68.1 Å². The molecular formula is C22H30F3N3O3S. The molecular weight excluding hydrogens is 443 g/mol. The average molecular weight is 474 g/mol. The molecule has 0 atom stereocenters. The highest BCUT2D eigenvalue weighted by atomic mass is 32.2. The molecule has 2 saturated carbocycles. The van der Waals surface area contributed by atoms with E-state index in [1.165, 1.54) is 19.3 Å². The Kier molecular flexibility index (Phi) is 6.84. The molecule has 32 heavy (non-hydrogen) atoms. The first kappa shape index (κ1) is 23.5. The molecule has 6 nitrogen and oxygen atoms in total. The summed E-state index contributed by atoms with van der Waals surface area (Å²) in [5.74, 6) is 0.0828. The van der Waals surface area contributed by atoms with Gasteiger partial charge in [0.15, 0.2) is 0 Å². The first-order chi connectivity index (χ1) is 15.1. The Balaban J connectivity index is 1.25. The number of carbonyl (C=O) groups excluding carboxylic acids is 1. The van der Waals surface area contributed by atoms with Crippen molar-refractivity contribution in [1.29, 1.82) is 0 Å². The molecule has 1 saturated heterocycles. The van der Waals surface area contributed by atoms with E-state index >= 15 is 0 Å². The molecule has 2 aliphatic carbocycles. The average Bonchev–Trinajstić information content (AvgIpc) is 2.72. The largest absolute Gasteiger partial charge is 0.416 e. The number of carbonyl (C=O) groups is 1. The second-order valence-corrected chi connectivity index (χ2v) is 10.9. The predicted molar refractivity (Wildman–Crippen MR) is 113 cm³/mol. The molecule has 1 amide bonds. The van der Waals surface area contributed by atoms with Crippen molar-refractivity contribution in [3.05, 3.63) is 29.8 Å². The van der Waals surface area contributed by atoms with E-state index in [4.69, 9.17) is 0 Å². The zero-order chi connectivity index (χ0) is 22.9. The molecule has 178 valence electrons. The summed E-state index contributed by atoms with van der Waals surface area (Å²) in [4.78, 5) is 17.2. The Hall–Kier alpha value is -1.65. The van der Waals surface area contributed by atoms with Crippen LogP contribution < -0.4 is 4.72 Å². The number of benzene rings is 1. The molecule has 0 bridgehead atoms. The van der Waals surface area contributed by atoms with Crippen LogP contribution in [0.1, 0.15) is 50.5 Å². The lowest BCUT2D eigenvalue weighted by molar-refractivity contribution is -0.139. The maximum atomic E-state index is 12.9. The number of nitrogens with one attached hydrogen (secondary N) is 1. The smallest absolute Gasteiger partial charge is 0.340 e. The Labute approximate surface area is 187 Å². The fourth-order valence-corrected chi connectivity index (χ4v) is 6.19. The summed E-state index contributed by atoms with van der Waals surface area (Å²) >= 11 is 0. The molecule has 3 fully saturated rings. The van der Waals surface area contributed by atoms with Gasteiger partial charge in [-0.15, -0.1) is 0 Å². The van der Waals surface area contributed by atoms with Crippen molar-refractivity contribution in [1.82, 2.24) is 14.5 Å². The summed E-state index contributed by atoms with van der Waals surface area (Å²) in [5, 5.41) is 0. The quantitative estimate of drug-likeness (QED) is 0.713. The van der Waals surface area contributed by atoms with E-state index in [1.54, 1.807) is 0 Å². The third kappa shape index (κ3) is 5.28. The van der Waals surface area contributed by atoms with Crippen LogP contribution in [0.5, 0.6) is 0 Å². The monoisotopic (exact) mass is 473 g/mol. The van der Waals surface area contributed by atoms with Gasteiger partial charge in [0.2, 0.25) is 15.9 Å². The van der Waals surface area contributed by atoms with Gasteiger partial charge in [0, 0.05) is 44.2 Å². The fourth-order valence-electron chi connectivity index (χ4n) is 4.89. The van der Waals surface area contributed by atoms with Crippen LogP contribution in [0.2, 0.25) is 0 Å². The van der Waals surface area contributed by atoms with Gasteiger partial charge < -0.3 is 4.90 Å². The molecule has 1 aromatic carbocycles. The molecule has 0 unspecified atom stereocenters. The first-order valence-corrected chi connectivity index (χ1v) is 12.8. The SMILES string of the molecule is O=C(C1CCC(NS(=O)(=O)c2ccc(C(F)(F)F)cc2)CC1)N1CCN(C2CCC2)CC1. The highest BCUT2D eigenvalue weighted by molar-refractivity contribution is 7.89. The van der Waals surface area contributed by atoms with Gasteiger partial charge in [-0.3, -0.25) is 9.69 Å². The van der Waals surface area contributed by atoms with Crippen LogP contribution >= 0.6 is 0 Å². The first-order valence-electron chi connectivity index (χ1n) is 11.4. The van der Waals surface area contributed by atoms with E-state index < -0.39 is 21.8 Å². The van der Waals surface area contributed by atoms with Crippen molar-refractivity contribution in [3.8, 4) is 0 Å². The van der Waals surface area contributed by atoms with Crippen LogP contribution in [0, 0.1) is 5.92 Å². The minimum Gasteiger partial charge on any atom is -0.340 e. The summed E-state index contributed by atoms with van der Waals surface area (Å²) in [6.45, 7) is 3.38. The van der Waals surface area contributed by atoms with E-state index in [2.05, 4.69) is 9.62 Å². The zero-order valence-corrected chi connectivity index (χ0v) is 18.8. The lowest BCUT2D eigenvalue weighted by atomic mass is 9.85. The summed E-state index contributed by atoms with van der Waals surface area (Å²) in [5.41, 5.74) is -0.885. The summed E-state index contributed by atoms with van der Waals surface area (Å²) in [7, 11) is -3.91. The van der Waals surface area contributed by atoms with E-state index in [9.17, 15) is 26.4 Å². The minimum atomic E-state index is -4.51. The molecule has 1 aromatic rings. The van der Waals surface area contributed by atoms with Crippen LogP contribution in [0.15, 0.2) is 29.2 Å². The van der Waals surface area contributed by atoms with Crippen LogP contribution in [0.3, 0.4) is 0 Å². The van der Waals surface area contributed by atoms with Crippen LogP contribution in [0.4, 0.5) is 13.2 Å². The van der Waals surface area contributed by atoms with Crippen molar-refractivity contribution in [2.24, 2.45) is 5.92 Å². The van der Waals surface area contributed by atoms with E-state index in [0.717, 1.165) is 50.4 Å². The molecule has 4 rings (SSSR count). The summed E-state index contributed by atoms with van der Waals surface area (Å²) < 4.78 is 65.8. The van der Waals surface area contributed by atoms with E-state index in [1.807, 2.05) is 4.90 Å². The number of piperazine rings is 1. The van der Waals surface area contributed by atoms with E-state index in [-0.39, 0.29) is 22.8 Å². The standard InChI is InChI=1S/C22H30F3N3O3S/c23-22(24,25)17-6-10-20(11-7-17)32(30,31)26-18-8-4-16(5-9-18)21(29)28-14-12-27(13-15-28)19-2-1-3-19/h6-7,10-11,16,18-19,26H,1-5,8-9,12-15H2. The van der Waals surface area contributed by atoms with Crippen molar-refractivity contribution < 1.29 is 26.4 Å². The molecule has 1 aliphatic heterocycles. The number of rotatable bonds is 5. The lowest BCUT2D eigenvalue weighted by Crippen LogP contribution is -2.54. The Morgan fingerprint density at radius 3 is 2.00 bits per heavy atom. The molecule has 1 heterocycles. The Bertz CT molecular complexity index is 901. The molecule has 1 N–H and O–H groups in total. The molecule has 3 aliphatic rings. The third-order valence-corrected chi connectivity index (χ3v) is 8.64. The summed E-state index contributed by atoms with van der Waals surface area (Å²) in [6, 6.07) is 3.87. The summed E-state index contributed by atoms with van der Waals surface area (Å²) in [6.07, 6.45) is 1.63. The van der Waals surface area contributed by atoms with Gasteiger partial charge in [-0.2, -0.15) is 13.2 Å². The second kappa shape index (κ2) is 9.30. The number of hydrogen-bond donors (Lipinski definition) is 1. The Morgan fingerprint density at radius 1 is 0.906 bits per heavy atom. The van der Waals surface area contributed by atoms with Gasteiger partial charge in [0.1, 0.15) is 0 Å². The lowest BCUT2D eigenvalue weighted by Gasteiger charge is -2.44. The maximum Gasteiger partial charge on any atom is 0.416 e. The minimum absolute atomic E-state index is 0.0860. The van der Waals surface area contributed by atoms with Crippen LogP contribution in [-0.4, -0.2) is 62.4 Å². The highest BCUT2D eigenvalue weighted by Crippen LogP contribution is 2.31. The van der Waals surface area contributed by atoms with Gasteiger partial charge in [-0.05, 0) is 62.8 Å². The van der Waals surface area contributed by atoms with Gasteiger partial charge in [-0.25, -0.2) is 13.1 Å². The number of hydrogen-bond acceptors (Lipinski definition) is 4. The maximum absolute atomic E-state index is 12.9. The molecule has 0 aromatic heterocycles. The van der Waals surface area contributed by atoms with Crippen molar-refractivity contribution in [2.75, 3.05) is 26.2 Å². The fraction of sp³-hybridized carbons (Fsp3) is 0.682. The molecule has 10 heteroatoms. The molecule has 0 spiro atoms. The highest BCUT2D eigenvalue weighted by Gasteiger charge is 2.35. The Morgan fingerprint density at radius 2 is 1.50 bits per heavy atom. The van der Waals surface area contributed by atoms with Gasteiger partial charge >= 0.3 is 6.18 Å². The normalized spacial score (nSPS) is 26.0. The van der Waals surface area contributed by atoms with Crippen LogP contribution in [-0.2, 0) is 21.0 Å². The van der Waals surface area contributed by atoms with Gasteiger partial charge in [-0.1, -0.05) is 6.42 Å². The van der Waals surface area contributed by atoms with Gasteiger partial charge in [0.05, 0.1) is 10.5 Å².